The highest BCUT2D eigenvalue weighted by atomic mass is 16.5. The Balaban J connectivity index is 2.85. The van der Waals surface area contributed by atoms with Gasteiger partial charge in [0.25, 0.3) is 0 Å². The first kappa shape index (κ1) is 16.5. The number of Topliss-reactive ketones (excluding diaryl/α,β-unsaturated/α-hetero) is 1. The molecule has 0 aliphatic carbocycles. The van der Waals surface area contributed by atoms with E-state index in [1.807, 2.05) is 0 Å². The van der Waals surface area contributed by atoms with Gasteiger partial charge in [-0.3, -0.25) is 9.69 Å². The first-order valence-electron chi connectivity index (χ1n) is 7.13. The predicted molar refractivity (Wildman–Crippen MR) is 80.9 cm³/mol. The van der Waals surface area contributed by atoms with Gasteiger partial charge in [-0.2, -0.15) is 0 Å². The van der Waals surface area contributed by atoms with Gasteiger partial charge in [0.05, 0.1) is 26.3 Å². The van der Waals surface area contributed by atoms with E-state index >= 15 is 0 Å². The number of rotatable bonds is 9. The van der Waals surface area contributed by atoms with Gasteiger partial charge >= 0.3 is 0 Å². The van der Waals surface area contributed by atoms with Gasteiger partial charge in [0.1, 0.15) is 11.5 Å². The summed E-state index contributed by atoms with van der Waals surface area (Å²) in [6.07, 6.45) is 2.10. The Labute approximate surface area is 121 Å². The number of carbonyl (C=O) groups excluding carboxylic acids is 1. The normalized spacial score (nSPS) is 10.7. The van der Waals surface area contributed by atoms with Gasteiger partial charge in [-0.1, -0.05) is 13.8 Å². The summed E-state index contributed by atoms with van der Waals surface area (Å²) in [7, 11) is 3.17. The Kier molecular flexibility index (Phi) is 7.09. The molecule has 0 aromatic heterocycles. The fraction of sp³-hybridized carbons (Fsp3) is 0.562. The van der Waals surface area contributed by atoms with Crippen LogP contribution in [0, 0.1) is 0 Å². The molecule has 0 aliphatic rings. The molecule has 0 radical (unpaired) electrons. The van der Waals surface area contributed by atoms with Crippen molar-refractivity contribution in [1.29, 1.82) is 0 Å². The third kappa shape index (κ3) is 4.53. The Bertz CT molecular complexity index is 426. The zero-order chi connectivity index (χ0) is 15.0. The van der Waals surface area contributed by atoms with E-state index in [-0.39, 0.29) is 5.78 Å². The Morgan fingerprint density at radius 3 is 2.25 bits per heavy atom. The van der Waals surface area contributed by atoms with Crippen LogP contribution in [0.2, 0.25) is 0 Å². The quantitative estimate of drug-likeness (QED) is 0.651. The third-order valence-corrected chi connectivity index (χ3v) is 3.16. The summed E-state index contributed by atoms with van der Waals surface area (Å²) in [5.41, 5.74) is 0.616. The van der Waals surface area contributed by atoms with E-state index in [1.54, 1.807) is 32.4 Å². The summed E-state index contributed by atoms with van der Waals surface area (Å²) < 4.78 is 10.4. The van der Waals surface area contributed by atoms with Crippen molar-refractivity contribution in [2.75, 3.05) is 33.9 Å². The lowest BCUT2D eigenvalue weighted by Gasteiger charge is -2.20. The number of benzene rings is 1. The Morgan fingerprint density at radius 2 is 1.75 bits per heavy atom. The van der Waals surface area contributed by atoms with Crippen LogP contribution in [0.3, 0.4) is 0 Å². The van der Waals surface area contributed by atoms with Crippen LogP contribution in [0.1, 0.15) is 37.0 Å². The number of hydrogen-bond donors (Lipinski definition) is 0. The van der Waals surface area contributed by atoms with Crippen molar-refractivity contribution in [2.45, 2.75) is 26.7 Å². The van der Waals surface area contributed by atoms with Crippen LogP contribution in [-0.4, -0.2) is 44.5 Å². The molecule has 1 aromatic carbocycles. The summed E-state index contributed by atoms with van der Waals surface area (Å²) >= 11 is 0. The van der Waals surface area contributed by atoms with Crippen molar-refractivity contribution in [1.82, 2.24) is 4.90 Å². The fourth-order valence-corrected chi connectivity index (χ4v) is 2.22. The van der Waals surface area contributed by atoms with Crippen LogP contribution in [0.15, 0.2) is 18.2 Å². The lowest BCUT2D eigenvalue weighted by molar-refractivity contribution is 0.0927. The highest BCUT2D eigenvalue weighted by molar-refractivity contribution is 6.00. The molecule has 1 rings (SSSR count). The number of methoxy groups -OCH3 is 2. The fourth-order valence-electron chi connectivity index (χ4n) is 2.22. The van der Waals surface area contributed by atoms with E-state index in [0.717, 1.165) is 25.9 Å². The van der Waals surface area contributed by atoms with E-state index in [2.05, 4.69) is 18.7 Å². The average Bonchev–Trinajstić information content (AvgIpc) is 2.46. The third-order valence-electron chi connectivity index (χ3n) is 3.16. The lowest BCUT2D eigenvalue weighted by atomic mass is 10.1. The van der Waals surface area contributed by atoms with Crippen LogP contribution >= 0.6 is 0 Å². The molecular formula is C16H25NO3. The van der Waals surface area contributed by atoms with E-state index in [0.29, 0.717) is 23.6 Å². The minimum atomic E-state index is 0.0893. The van der Waals surface area contributed by atoms with E-state index in [1.165, 1.54) is 0 Å². The van der Waals surface area contributed by atoms with Crippen molar-refractivity contribution in [3.63, 3.8) is 0 Å². The largest absolute Gasteiger partial charge is 0.497 e. The molecule has 0 heterocycles. The molecule has 0 amide bonds. The summed E-state index contributed by atoms with van der Waals surface area (Å²) in [5.74, 6) is 1.35. The van der Waals surface area contributed by atoms with Gasteiger partial charge in [0.2, 0.25) is 0 Å². The van der Waals surface area contributed by atoms with Crippen LogP contribution in [0.4, 0.5) is 0 Å². The van der Waals surface area contributed by atoms with Gasteiger partial charge in [0, 0.05) is 6.07 Å². The number of ether oxygens (including phenoxy) is 2. The maximum atomic E-state index is 12.4. The van der Waals surface area contributed by atoms with Crippen LogP contribution in [0.5, 0.6) is 11.5 Å². The molecule has 0 atom stereocenters. The highest BCUT2D eigenvalue weighted by Gasteiger charge is 2.16. The molecule has 20 heavy (non-hydrogen) atoms. The molecule has 0 N–H and O–H groups in total. The maximum absolute atomic E-state index is 12.4. The number of ketones is 1. The minimum absolute atomic E-state index is 0.0893. The first-order chi connectivity index (χ1) is 9.65. The Morgan fingerprint density at radius 1 is 1.10 bits per heavy atom. The second-order valence-electron chi connectivity index (χ2n) is 4.77. The highest BCUT2D eigenvalue weighted by Crippen LogP contribution is 2.25. The topological polar surface area (TPSA) is 38.8 Å². The van der Waals surface area contributed by atoms with Crippen molar-refractivity contribution in [3.05, 3.63) is 23.8 Å². The summed E-state index contributed by atoms with van der Waals surface area (Å²) in [5, 5.41) is 0. The maximum Gasteiger partial charge on any atom is 0.180 e. The van der Waals surface area contributed by atoms with Crippen LogP contribution < -0.4 is 9.47 Å². The van der Waals surface area contributed by atoms with E-state index in [4.69, 9.17) is 9.47 Å². The summed E-state index contributed by atoms with van der Waals surface area (Å²) in [6, 6.07) is 5.31. The van der Waals surface area contributed by atoms with Crippen molar-refractivity contribution < 1.29 is 14.3 Å². The molecule has 0 saturated carbocycles. The van der Waals surface area contributed by atoms with Gasteiger partial charge in [0.15, 0.2) is 5.78 Å². The molecule has 0 fully saturated rings. The second kappa shape index (κ2) is 8.59. The summed E-state index contributed by atoms with van der Waals surface area (Å²) in [6.45, 7) is 6.57. The number of carbonyl (C=O) groups is 1. The Hall–Kier alpha value is -1.55. The molecule has 0 aliphatic heterocycles. The van der Waals surface area contributed by atoms with Crippen molar-refractivity contribution in [2.24, 2.45) is 0 Å². The smallest absolute Gasteiger partial charge is 0.180 e. The molecule has 0 unspecified atom stereocenters. The molecule has 0 saturated heterocycles. The van der Waals surface area contributed by atoms with Crippen molar-refractivity contribution >= 4 is 5.78 Å². The van der Waals surface area contributed by atoms with Crippen LogP contribution in [0.25, 0.3) is 0 Å². The second-order valence-corrected chi connectivity index (χ2v) is 4.77. The first-order valence-corrected chi connectivity index (χ1v) is 7.13. The summed E-state index contributed by atoms with van der Waals surface area (Å²) in [4.78, 5) is 14.6. The molecule has 4 heteroatoms. The predicted octanol–water partition coefficient (Wildman–Crippen LogP) is 3.01. The monoisotopic (exact) mass is 279 g/mol. The lowest BCUT2D eigenvalue weighted by Crippen LogP contribution is -2.31. The minimum Gasteiger partial charge on any atom is -0.497 e. The van der Waals surface area contributed by atoms with E-state index in [9.17, 15) is 4.79 Å². The SMILES string of the molecule is CCCN(CCC)CC(=O)c1ccc(OC)cc1OC. The molecule has 1 aromatic rings. The number of nitrogens with zero attached hydrogens (tertiary/aromatic N) is 1. The molecule has 4 nitrogen and oxygen atoms in total. The van der Waals surface area contributed by atoms with Crippen molar-refractivity contribution in [3.8, 4) is 11.5 Å². The van der Waals surface area contributed by atoms with Gasteiger partial charge in [-0.05, 0) is 38.1 Å². The molecule has 0 spiro atoms. The zero-order valence-electron chi connectivity index (χ0n) is 12.9. The van der Waals surface area contributed by atoms with Gasteiger partial charge < -0.3 is 9.47 Å². The molecule has 0 bridgehead atoms. The van der Waals surface area contributed by atoms with E-state index < -0.39 is 0 Å². The van der Waals surface area contributed by atoms with Gasteiger partial charge in [-0.25, -0.2) is 0 Å². The standard InChI is InChI=1S/C16H25NO3/c1-5-9-17(10-6-2)12-15(18)14-8-7-13(19-3)11-16(14)20-4/h7-8,11H,5-6,9-10,12H2,1-4H3. The average molecular weight is 279 g/mol. The molecular weight excluding hydrogens is 254 g/mol. The number of hydrogen-bond acceptors (Lipinski definition) is 4. The van der Waals surface area contributed by atoms with Gasteiger partial charge in [-0.15, -0.1) is 0 Å². The molecule has 112 valence electrons. The van der Waals surface area contributed by atoms with Crippen LogP contribution in [-0.2, 0) is 0 Å². The zero-order valence-corrected chi connectivity index (χ0v) is 12.9.